The molecule has 4 rings (SSSR count). The lowest BCUT2D eigenvalue weighted by molar-refractivity contribution is 0.0956. The maximum Gasteiger partial charge on any atom is 0.253 e. The lowest BCUT2D eigenvalue weighted by Gasteiger charge is -2.06. The summed E-state index contributed by atoms with van der Waals surface area (Å²) in [5, 5.41) is 3.87. The number of aromatic nitrogens is 3. The van der Waals surface area contributed by atoms with E-state index >= 15 is 0 Å². The largest absolute Gasteiger partial charge is 0.354 e. The van der Waals surface area contributed by atoms with Crippen LogP contribution in [0.1, 0.15) is 10.4 Å². The van der Waals surface area contributed by atoms with E-state index in [9.17, 15) is 4.79 Å². The molecule has 7 heteroatoms. The number of anilines is 1. The predicted octanol–water partition coefficient (Wildman–Crippen LogP) is 1.97. The van der Waals surface area contributed by atoms with Gasteiger partial charge in [0.25, 0.3) is 5.91 Å². The molecule has 0 atom stereocenters. The fourth-order valence-electron chi connectivity index (χ4n) is 2.73. The van der Waals surface area contributed by atoms with Crippen molar-refractivity contribution in [3.8, 4) is 10.7 Å². The minimum absolute atomic E-state index is 0.0333. The third kappa shape index (κ3) is 1.89. The van der Waals surface area contributed by atoms with Gasteiger partial charge in [0.1, 0.15) is 0 Å². The highest BCUT2D eigenvalue weighted by atomic mass is 32.1. The Hall–Kier alpha value is -2.41. The Morgan fingerprint density at radius 2 is 2.23 bits per heavy atom. The number of amides is 1. The number of nitrogens with zero attached hydrogens (tertiary/aromatic N) is 4. The van der Waals surface area contributed by atoms with Gasteiger partial charge < -0.3 is 14.8 Å². The molecule has 0 fully saturated rings. The topological polar surface area (TPSA) is 63.1 Å². The van der Waals surface area contributed by atoms with Gasteiger partial charge >= 0.3 is 0 Å². The van der Waals surface area contributed by atoms with Gasteiger partial charge in [0.05, 0.1) is 27.7 Å². The van der Waals surface area contributed by atoms with E-state index in [2.05, 4.69) is 14.9 Å². The van der Waals surface area contributed by atoms with Crippen molar-refractivity contribution >= 4 is 33.4 Å². The molecule has 1 amide bonds. The number of imidazole rings is 1. The van der Waals surface area contributed by atoms with Gasteiger partial charge in [0.15, 0.2) is 11.0 Å². The van der Waals surface area contributed by atoms with Crippen LogP contribution in [-0.4, -0.2) is 41.1 Å². The fourth-order valence-corrected chi connectivity index (χ4v) is 3.56. The summed E-state index contributed by atoms with van der Waals surface area (Å²) >= 11 is 1.60. The van der Waals surface area contributed by atoms with Gasteiger partial charge in [-0.2, -0.15) is 0 Å². The normalized spacial score (nSPS) is 14.0. The van der Waals surface area contributed by atoms with Crippen LogP contribution in [-0.2, 0) is 6.54 Å². The highest BCUT2D eigenvalue weighted by molar-refractivity contribution is 7.18. The molecule has 0 radical (unpaired) electrons. The summed E-state index contributed by atoms with van der Waals surface area (Å²) < 4.78 is 2.12. The monoisotopic (exact) mass is 313 g/mol. The molecule has 0 unspecified atom stereocenters. The molecular weight excluding hydrogens is 298 g/mol. The Balaban J connectivity index is 1.96. The van der Waals surface area contributed by atoms with Crippen molar-refractivity contribution < 1.29 is 4.79 Å². The van der Waals surface area contributed by atoms with Crippen LogP contribution in [0.5, 0.6) is 0 Å². The molecule has 2 aromatic heterocycles. The lowest BCUT2D eigenvalue weighted by atomic mass is 10.2. The van der Waals surface area contributed by atoms with Gasteiger partial charge in [-0.05, 0) is 12.1 Å². The molecule has 1 aliphatic rings. The Morgan fingerprint density at radius 1 is 1.36 bits per heavy atom. The molecule has 1 aromatic carbocycles. The zero-order valence-electron chi connectivity index (χ0n) is 12.3. The average Bonchev–Trinajstić information content (AvgIpc) is 3.07. The van der Waals surface area contributed by atoms with Crippen LogP contribution in [0, 0.1) is 0 Å². The van der Waals surface area contributed by atoms with Gasteiger partial charge in [0.2, 0.25) is 0 Å². The zero-order valence-corrected chi connectivity index (χ0v) is 13.1. The second kappa shape index (κ2) is 4.81. The molecule has 3 heterocycles. The molecule has 112 valence electrons. The summed E-state index contributed by atoms with van der Waals surface area (Å²) in [4.78, 5) is 24.3. The van der Waals surface area contributed by atoms with Crippen molar-refractivity contribution in [3.63, 3.8) is 0 Å². The van der Waals surface area contributed by atoms with Crippen molar-refractivity contribution in [1.82, 2.24) is 19.9 Å². The number of benzene rings is 1. The average molecular weight is 313 g/mol. The van der Waals surface area contributed by atoms with Gasteiger partial charge in [-0.1, -0.05) is 17.4 Å². The van der Waals surface area contributed by atoms with Gasteiger partial charge in [-0.3, -0.25) is 4.79 Å². The molecule has 1 aliphatic heterocycles. The minimum Gasteiger partial charge on any atom is -0.354 e. The van der Waals surface area contributed by atoms with E-state index in [0.717, 1.165) is 26.9 Å². The van der Waals surface area contributed by atoms with E-state index in [4.69, 9.17) is 4.98 Å². The molecule has 0 bridgehead atoms. The molecular formula is C15H15N5OS. The first-order valence-corrected chi connectivity index (χ1v) is 7.88. The molecule has 3 aromatic rings. The standard InChI is InChI=1S/C15H15N5OS/c1-19(2)15-17-8-11(22-15)13-18-10-5-3-4-9-12(10)20(13)7-6-16-14(9)21/h3-5,8H,6-7H2,1-2H3,(H,16,21). The van der Waals surface area contributed by atoms with Crippen LogP contribution in [0.25, 0.3) is 21.7 Å². The third-order valence-electron chi connectivity index (χ3n) is 3.73. The maximum atomic E-state index is 12.2. The quantitative estimate of drug-likeness (QED) is 0.786. The molecule has 0 saturated carbocycles. The van der Waals surface area contributed by atoms with E-state index < -0.39 is 0 Å². The predicted molar refractivity (Wildman–Crippen MR) is 87.5 cm³/mol. The number of hydrogen-bond acceptors (Lipinski definition) is 5. The number of hydrogen-bond donors (Lipinski definition) is 1. The Labute approximate surface area is 131 Å². The summed E-state index contributed by atoms with van der Waals surface area (Å²) in [7, 11) is 3.95. The van der Waals surface area contributed by atoms with E-state index in [-0.39, 0.29) is 5.91 Å². The van der Waals surface area contributed by atoms with Gasteiger partial charge in [0, 0.05) is 27.2 Å². The highest BCUT2D eigenvalue weighted by Gasteiger charge is 2.22. The van der Waals surface area contributed by atoms with Gasteiger partial charge in [-0.25, -0.2) is 9.97 Å². The summed E-state index contributed by atoms with van der Waals surface area (Å²) in [5.41, 5.74) is 2.45. The van der Waals surface area contributed by atoms with E-state index in [1.54, 1.807) is 11.3 Å². The van der Waals surface area contributed by atoms with Crippen molar-refractivity contribution in [2.24, 2.45) is 0 Å². The van der Waals surface area contributed by atoms with E-state index in [0.29, 0.717) is 18.7 Å². The summed E-state index contributed by atoms with van der Waals surface area (Å²) in [6, 6.07) is 5.68. The number of rotatable bonds is 2. The Kier molecular flexibility index (Phi) is 2.90. The van der Waals surface area contributed by atoms with Crippen molar-refractivity contribution in [1.29, 1.82) is 0 Å². The summed E-state index contributed by atoms with van der Waals surface area (Å²) in [6.07, 6.45) is 1.85. The van der Waals surface area contributed by atoms with Crippen LogP contribution in [0.15, 0.2) is 24.4 Å². The first-order valence-electron chi connectivity index (χ1n) is 7.06. The number of carbonyl (C=O) groups excluding carboxylic acids is 1. The molecule has 22 heavy (non-hydrogen) atoms. The molecule has 1 N–H and O–H groups in total. The molecule has 0 saturated heterocycles. The third-order valence-corrected chi connectivity index (χ3v) is 4.89. The second-order valence-corrected chi connectivity index (χ2v) is 6.43. The molecule has 6 nitrogen and oxygen atoms in total. The van der Waals surface area contributed by atoms with Crippen LogP contribution in [0.2, 0.25) is 0 Å². The Morgan fingerprint density at radius 3 is 3.00 bits per heavy atom. The highest BCUT2D eigenvalue weighted by Crippen LogP contribution is 2.33. The number of thiazole rings is 1. The number of para-hydroxylation sites is 1. The molecule has 0 aliphatic carbocycles. The zero-order chi connectivity index (χ0) is 15.3. The maximum absolute atomic E-state index is 12.2. The van der Waals surface area contributed by atoms with Crippen molar-refractivity contribution in [2.75, 3.05) is 25.5 Å². The lowest BCUT2D eigenvalue weighted by Crippen LogP contribution is -2.24. The van der Waals surface area contributed by atoms with Crippen LogP contribution in [0.3, 0.4) is 0 Å². The Bertz CT molecular complexity index is 879. The van der Waals surface area contributed by atoms with Crippen molar-refractivity contribution in [2.45, 2.75) is 6.54 Å². The van der Waals surface area contributed by atoms with Crippen LogP contribution >= 0.6 is 11.3 Å². The van der Waals surface area contributed by atoms with Crippen LogP contribution in [0.4, 0.5) is 5.13 Å². The number of carbonyl (C=O) groups is 1. The first-order chi connectivity index (χ1) is 10.6. The summed E-state index contributed by atoms with van der Waals surface area (Å²) in [6.45, 7) is 1.31. The number of nitrogens with one attached hydrogen (secondary N) is 1. The SMILES string of the molecule is CN(C)c1ncc(-c2nc3cccc4c3n2CCNC4=O)s1. The van der Waals surface area contributed by atoms with Crippen LogP contribution < -0.4 is 10.2 Å². The van der Waals surface area contributed by atoms with E-state index in [1.165, 1.54) is 0 Å². The molecule has 0 spiro atoms. The fraction of sp³-hybridized carbons (Fsp3) is 0.267. The first kappa shape index (κ1) is 13.3. The van der Waals surface area contributed by atoms with E-state index in [1.807, 2.05) is 43.4 Å². The smallest absolute Gasteiger partial charge is 0.253 e. The minimum atomic E-state index is -0.0333. The van der Waals surface area contributed by atoms with Gasteiger partial charge in [-0.15, -0.1) is 0 Å². The second-order valence-electron chi connectivity index (χ2n) is 5.42. The van der Waals surface area contributed by atoms with Crippen molar-refractivity contribution in [3.05, 3.63) is 30.0 Å². The summed E-state index contributed by atoms with van der Waals surface area (Å²) in [5.74, 6) is 0.846.